The summed E-state index contributed by atoms with van der Waals surface area (Å²) in [6.07, 6.45) is 12.8. The third kappa shape index (κ3) is 3.83. The number of piperidine rings is 1. The third-order valence-electron chi connectivity index (χ3n) is 6.22. The van der Waals surface area contributed by atoms with Crippen LogP contribution < -0.4 is 16.2 Å². The fourth-order valence-corrected chi connectivity index (χ4v) is 5.23. The molecule has 2 fully saturated rings. The lowest BCUT2D eigenvalue weighted by Crippen LogP contribution is -2.42. The van der Waals surface area contributed by atoms with Gasteiger partial charge in [-0.15, -0.1) is 0 Å². The maximum atomic E-state index is 12.6. The summed E-state index contributed by atoms with van der Waals surface area (Å²) in [6, 6.07) is 1.86. The molecule has 0 bridgehead atoms. The van der Waals surface area contributed by atoms with Crippen LogP contribution in [-0.4, -0.2) is 28.0 Å². The lowest BCUT2D eigenvalue weighted by atomic mass is 9.68. The monoisotopic (exact) mass is 385 g/mol. The number of anilines is 2. The smallest absolute Gasteiger partial charge is 0.282 e. The number of nitrogen functional groups attached to an aromatic ring is 1. The van der Waals surface area contributed by atoms with Crippen molar-refractivity contribution in [3.8, 4) is 0 Å². The summed E-state index contributed by atoms with van der Waals surface area (Å²) in [5, 5.41) is 0.438. The van der Waals surface area contributed by atoms with Crippen LogP contribution in [-0.2, 0) is 0 Å². The molecule has 1 saturated heterocycles. The number of aromatic amines is 1. The lowest BCUT2D eigenvalue weighted by Gasteiger charge is -2.44. The van der Waals surface area contributed by atoms with Crippen molar-refractivity contribution in [3.05, 3.63) is 34.4 Å². The van der Waals surface area contributed by atoms with Gasteiger partial charge in [-0.1, -0.05) is 31.0 Å². The Morgan fingerprint density at radius 1 is 1.15 bits per heavy atom. The van der Waals surface area contributed by atoms with E-state index in [1.54, 1.807) is 12.4 Å². The Hall–Kier alpha value is -2.02. The van der Waals surface area contributed by atoms with Gasteiger partial charge in [-0.25, -0.2) is 9.97 Å². The Morgan fingerprint density at radius 2 is 1.89 bits per heavy atom. The standard InChI is InChI=1S/C20H27N5OS/c1-14-15(5-10-22-17(14)21)27-19-18(26)24-16(13-23-19)25-11-8-20(9-12-25)6-3-2-4-7-20/h5,10,13H,2-4,6-9,11-12H2,1H3,(H2,21,22)(H,24,26). The van der Waals surface area contributed by atoms with Gasteiger partial charge in [-0.05, 0) is 44.1 Å². The zero-order chi connectivity index (χ0) is 18.9. The molecule has 2 aromatic rings. The summed E-state index contributed by atoms with van der Waals surface area (Å²) in [4.78, 5) is 27.3. The molecule has 27 heavy (non-hydrogen) atoms. The fourth-order valence-electron chi connectivity index (χ4n) is 4.39. The predicted molar refractivity (Wildman–Crippen MR) is 109 cm³/mol. The van der Waals surface area contributed by atoms with Gasteiger partial charge in [0.05, 0.1) is 6.20 Å². The molecule has 6 nitrogen and oxygen atoms in total. The van der Waals surface area contributed by atoms with Crippen LogP contribution in [0, 0.1) is 12.3 Å². The normalized spacial score (nSPS) is 19.4. The summed E-state index contributed by atoms with van der Waals surface area (Å²) in [7, 11) is 0. The van der Waals surface area contributed by atoms with E-state index in [9.17, 15) is 4.79 Å². The molecule has 2 aromatic heterocycles. The molecule has 7 heteroatoms. The molecule has 0 atom stereocenters. The molecule has 0 radical (unpaired) electrons. The van der Waals surface area contributed by atoms with Crippen molar-refractivity contribution in [3.63, 3.8) is 0 Å². The molecule has 3 N–H and O–H groups in total. The average Bonchev–Trinajstić information content (AvgIpc) is 2.68. The summed E-state index contributed by atoms with van der Waals surface area (Å²) in [5.74, 6) is 1.32. The van der Waals surface area contributed by atoms with Crippen molar-refractivity contribution < 1.29 is 0 Å². The number of hydrogen-bond donors (Lipinski definition) is 2. The highest BCUT2D eigenvalue weighted by atomic mass is 32.2. The zero-order valence-corrected chi connectivity index (χ0v) is 16.6. The van der Waals surface area contributed by atoms with Gasteiger partial charge in [0, 0.05) is 29.7 Å². The molecule has 0 unspecified atom stereocenters. The maximum Gasteiger partial charge on any atom is 0.282 e. The first-order chi connectivity index (χ1) is 13.1. The second-order valence-corrected chi connectivity index (χ2v) is 8.90. The molecule has 0 aromatic carbocycles. The van der Waals surface area contributed by atoms with E-state index in [1.165, 1.54) is 56.7 Å². The van der Waals surface area contributed by atoms with Gasteiger partial charge in [0.2, 0.25) is 0 Å². The van der Waals surface area contributed by atoms with E-state index in [0.29, 0.717) is 16.3 Å². The minimum Gasteiger partial charge on any atom is -0.383 e. The Balaban J connectivity index is 1.46. The molecule has 1 aliphatic heterocycles. The van der Waals surface area contributed by atoms with Gasteiger partial charge >= 0.3 is 0 Å². The first kappa shape index (κ1) is 18.3. The Morgan fingerprint density at radius 3 is 2.59 bits per heavy atom. The van der Waals surface area contributed by atoms with Crippen molar-refractivity contribution in [2.45, 2.75) is 61.8 Å². The summed E-state index contributed by atoms with van der Waals surface area (Å²) in [5.41, 5.74) is 7.14. The number of rotatable bonds is 3. The number of hydrogen-bond acceptors (Lipinski definition) is 6. The van der Waals surface area contributed by atoms with Crippen LogP contribution in [0.3, 0.4) is 0 Å². The van der Waals surface area contributed by atoms with Crippen molar-refractivity contribution >= 4 is 23.4 Å². The largest absolute Gasteiger partial charge is 0.383 e. The van der Waals surface area contributed by atoms with Gasteiger partial charge in [0.15, 0.2) is 5.03 Å². The van der Waals surface area contributed by atoms with E-state index in [-0.39, 0.29) is 5.56 Å². The van der Waals surface area contributed by atoms with Crippen LogP contribution in [0.15, 0.2) is 33.2 Å². The lowest BCUT2D eigenvalue weighted by molar-refractivity contribution is 0.144. The summed E-state index contributed by atoms with van der Waals surface area (Å²) in [6.45, 7) is 3.91. The zero-order valence-electron chi connectivity index (χ0n) is 15.8. The summed E-state index contributed by atoms with van der Waals surface area (Å²) >= 11 is 1.33. The molecule has 1 spiro atoms. The molecule has 2 aliphatic rings. The highest BCUT2D eigenvalue weighted by molar-refractivity contribution is 7.99. The number of H-pyrrole nitrogens is 1. The van der Waals surface area contributed by atoms with Crippen molar-refractivity contribution in [1.82, 2.24) is 15.0 Å². The molecule has 4 rings (SSSR count). The van der Waals surface area contributed by atoms with Gasteiger partial charge in [0.25, 0.3) is 5.56 Å². The highest BCUT2D eigenvalue weighted by Gasteiger charge is 2.35. The van der Waals surface area contributed by atoms with E-state index in [1.807, 2.05) is 13.0 Å². The number of nitrogens with one attached hydrogen (secondary N) is 1. The van der Waals surface area contributed by atoms with E-state index in [0.717, 1.165) is 29.4 Å². The average molecular weight is 386 g/mol. The van der Waals surface area contributed by atoms with E-state index in [4.69, 9.17) is 5.73 Å². The fraction of sp³-hybridized carbons (Fsp3) is 0.550. The first-order valence-corrected chi connectivity index (χ1v) is 10.6. The minimum absolute atomic E-state index is 0.148. The highest BCUT2D eigenvalue weighted by Crippen LogP contribution is 2.44. The van der Waals surface area contributed by atoms with Gasteiger partial charge < -0.3 is 15.6 Å². The van der Waals surface area contributed by atoms with Crippen molar-refractivity contribution in [2.75, 3.05) is 23.7 Å². The molecule has 3 heterocycles. The topological polar surface area (TPSA) is 87.9 Å². The third-order valence-corrected chi connectivity index (χ3v) is 7.37. The van der Waals surface area contributed by atoms with E-state index < -0.39 is 0 Å². The predicted octanol–water partition coefficient (Wildman–Crippen LogP) is 3.76. The molecule has 1 aliphatic carbocycles. The van der Waals surface area contributed by atoms with Crippen LogP contribution >= 0.6 is 11.8 Å². The minimum atomic E-state index is -0.148. The van der Waals surface area contributed by atoms with Crippen LogP contribution in [0.4, 0.5) is 11.6 Å². The summed E-state index contributed by atoms with van der Waals surface area (Å²) < 4.78 is 0. The molecular formula is C20H27N5OS. The Bertz CT molecular complexity index is 865. The van der Waals surface area contributed by atoms with Gasteiger partial charge in [0.1, 0.15) is 11.6 Å². The number of nitrogens with zero attached hydrogens (tertiary/aromatic N) is 3. The quantitative estimate of drug-likeness (QED) is 0.836. The molecular weight excluding hydrogens is 358 g/mol. The first-order valence-electron chi connectivity index (χ1n) is 9.80. The molecule has 1 saturated carbocycles. The second kappa shape index (κ2) is 7.54. The molecule has 0 amide bonds. The number of nitrogens with two attached hydrogens (primary N) is 1. The van der Waals surface area contributed by atoms with Crippen LogP contribution in [0.5, 0.6) is 0 Å². The maximum absolute atomic E-state index is 12.6. The Kier molecular flexibility index (Phi) is 5.12. The van der Waals surface area contributed by atoms with Crippen molar-refractivity contribution in [1.29, 1.82) is 0 Å². The number of aromatic nitrogens is 3. The molecule has 144 valence electrons. The van der Waals surface area contributed by atoms with Crippen LogP contribution in [0.1, 0.15) is 50.5 Å². The van der Waals surface area contributed by atoms with E-state index >= 15 is 0 Å². The van der Waals surface area contributed by atoms with E-state index in [2.05, 4.69) is 19.9 Å². The SMILES string of the molecule is Cc1c(Sc2ncc(N3CCC4(CCCCC4)CC3)[nH]c2=O)ccnc1N. The van der Waals surface area contributed by atoms with Crippen molar-refractivity contribution in [2.24, 2.45) is 5.41 Å². The van der Waals surface area contributed by atoms with Gasteiger partial charge in [-0.2, -0.15) is 0 Å². The van der Waals surface area contributed by atoms with Gasteiger partial charge in [-0.3, -0.25) is 4.79 Å². The van der Waals surface area contributed by atoms with Crippen LogP contribution in [0.2, 0.25) is 0 Å². The van der Waals surface area contributed by atoms with Crippen LogP contribution in [0.25, 0.3) is 0 Å². The Labute approximate surface area is 164 Å². The second-order valence-electron chi connectivity index (χ2n) is 7.87. The number of pyridine rings is 1.